The molecule has 0 atom stereocenters. The molecule has 166 valence electrons. The smallest absolute Gasteiger partial charge is 0.252 e. The molecule has 0 spiro atoms. The van der Waals surface area contributed by atoms with E-state index in [0.717, 1.165) is 46.8 Å². The van der Waals surface area contributed by atoms with Crippen LogP contribution in [0.1, 0.15) is 36.0 Å². The number of aromatic nitrogens is 1. The van der Waals surface area contributed by atoms with Crippen LogP contribution < -0.4 is 20.9 Å². The number of rotatable bonds is 8. The summed E-state index contributed by atoms with van der Waals surface area (Å²) in [6.45, 7) is 1.21. The maximum absolute atomic E-state index is 12.5. The van der Waals surface area contributed by atoms with Gasteiger partial charge in [-0.05, 0) is 37.1 Å². The van der Waals surface area contributed by atoms with Gasteiger partial charge in [-0.2, -0.15) is 5.06 Å². The zero-order valence-electron chi connectivity index (χ0n) is 17.6. The minimum atomic E-state index is -0.0857. The summed E-state index contributed by atoms with van der Waals surface area (Å²) in [7, 11) is 0. The second-order valence-corrected chi connectivity index (χ2v) is 7.49. The third-order valence-corrected chi connectivity index (χ3v) is 5.28. The van der Waals surface area contributed by atoms with Gasteiger partial charge in [-0.1, -0.05) is 43.2 Å². The van der Waals surface area contributed by atoms with Crippen molar-refractivity contribution in [1.82, 2.24) is 15.6 Å². The Labute approximate surface area is 185 Å². The van der Waals surface area contributed by atoms with E-state index >= 15 is 0 Å². The summed E-state index contributed by atoms with van der Waals surface area (Å²) in [5.41, 5.74) is 2.30. The van der Waals surface area contributed by atoms with Gasteiger partial charge in [-0.25, -0.2) is 0 Å². The fourth-order valence-corrected chi connectivity index (χ4v) is 3.62. The quantitative estimate of drug-likeness (QED) is 0.401. The van der Waals surface area contributed by atoms with Crippen LogP contribution in [0.5, 0.6) is 0 Å². The maximum Gasteiger partial charge on any atom is 0.252 e. The molecule has 0 radical (unpaired) electrons. The lowest BCUT2D eigenvalue weighted by Gasteiger charge is -2.29. The number of hydrogen-bond acceptors (Lipinski definition) is 8. The molecule has 4 N–H and O–H groups in total. The number of amides is 1. The molecule has 1 amide bonds. The van der Waals surface area contributed by atoms with E-state index in [9.17, 15) is 15.2 Å². The normalized spacial score (nSPS) is 13.0. The molecule has 9 heteroatoms. The summed E-state index contributed by atoms with van der Waals surface area (Å²) in [6.07, 6.45) is 5.31. The topological polar surface area (TPSA) is 113 Å². The summed E-state index contributed by atoms with van der Waals surface area (Å²) in [5.74, 6) is 0.0838. The Bertz CT molecular complexity index is 1110. The Morgan fingerprint density at radius 2 is 1.59 bits per heavy atom. The van der Waals surface area contributed by atoms with Gasteiger partial charge in [-0.15, -0.1) is 10.3 Å². The van der Waals surface area contributed by atoms with Crippen molar-refractivity contribution in [1.29, 1.82) is 0 Å². The highest BCUT2D eigenvalue weighted by Gasteiger charge is 2.23. The molecule has 0 fully saturated rings. The highest BCUT2D eigenvalue weighted by molar-refractivity contribution is 6.06. The van der Waals surface area contributed by atoms with E-state index in [1.807, 2.05) is 24.3 Å². The molecule has 1 aromatic heterocycles. The van der Waals surface area contributed by atoms with Crippen molar-refractivity contribution in [2.75, 3.05) is 23.3 Å². The predicted molar refractivity (Wildman–Crippen MR) is 123 cm³/mol. The Balaban J connectivity index is 1.14. The third-order valence-electron chi connectivity index (χ3n) is 5.28. The van der Waals surface area contributed by atoms with Crippen LogP contribution in [-0.4, -0.2) is 40.4 Å². The van der Waals surface area contributed by atoms with Crippen LogP contribution >= 0.6 is 0 Å². The Kier molecular flexibility index (Phi) is 6.78. The maximum atomic E-state index is 12.5. The van der Waals surface area contributed by atoms with Gasteiger partial charge in [0.05, 0.1) is 11.1 Å². The van der Waals surface area contributed by atoms with Crippen molar-refractivity contribution in [2.45, 2.75) is 25.7 Å². The van der Waals surface area contributed by atoms with Gasteiger partial charge in [0.1, 0.15) is 11.4 Å². The number of nitrogens with zero attached hydrogens (tertiary/aromatic N) is 4. The SMILES string of the molecule is O=C(NCCCCCCNC1=NN(O)c2ccccc2N1O)c1ccnc2ccccc12. The van der Waals surface area contributed by atoms with Crippen molar-refractivity contribution >= 4 is 34.1 Å². The van der Waals surface area contributed by atoms with Crippen LogP contribution in [0.15, 0.2) is 65.9 Å². The molecular formula is C23H26N6O3. The molecule has 0 bridgehead atoms. The minimum absolute atomic E-state index is 0.0857. The minimum Gasteiger partial charge on any atom is -0.353 e. The first-order chi connectivity index (χ1) is 15.6. The molecule has 1 aliphatic heterocycles. The van der Waals surface area contributed by atoms with E-state index in [2.05, 4.69) is 20.7 Å². The number of pyridine rings is 1. The van der Waals surface area contributed by atoms with Crippen molar-refractivity contribution in [3.05, 3.63) is 66.4 Å². The molecule has 1 aliphatic rings. The first-order valence-electron chi connectivity index (χ1n) is 10.7. The predicted octanol–water partition coefficient (Wildman–Crippen LogP) is 3.49. The van der Waals surface area contributed by atoms with Gasteiger partial charge < -0.3 is 10.6 Å². The number of fused-ring (bicyclic) bond motifs is 2. The number of hydroxylamine groups is 1. The summed E-state index contributed by atoms with van der Waals surface area (Å²) < 4.78 is 0. The summed E-state index contributed by atoms with van der Waals surface area (Å²) >= 11 is 0. The molecule has 2 aromatic carbocycles. The lowest BCUT2D eigenvalue weighted by Crippen LogP contribution is -2.44. The molecule has 0 saturated heterocycles. The second kappa shape index (κ2) is 10.1. The molecule has 9 nitrogen and oxygen atoms in total. The zero-order valence-corrected chi connectivity index (χ0v) is 17.6. The molecule has 4 rings (SSSR count). The van der Waals surface area contributed by atoms with Crippen LogP contribution in [0.25, 0.3) is 10.9 Å². The Morgan fingerprint density at radius 3 is 2.44 bits per heavy atom. The molecule has 32 heavy (non-hydrogen) atoms. The van der Waals surface area contributed by atoms with E-state index in [1.54, 1.807) is 36.5 Å². The number of hydrazone groups is 1. The van der Waals surface area contributed by atoms with Gasteiger partial charge in [0.25, 0.3) is 5.91 Å². The molecule has 3 aromatic rings. The Morgan fingerprint density at radius 1 is 0.875 bits per heavy atom. The van der Waals surface area contributed by atoms with Crippen LogP contribution in [0.4, 0.5) is 11.4 Å². The number of para-hydroxylation sites is 3. The largest absolute Gasteiger partial charge is 0.353 e. The number of hydrogen-bond donors (Lipinski definition) is 4. The average Bonchev–Trinajstić information content (AvgIpc) is 2.83. The van der Waals surface area contributed by atoms with Gasteiger partial charge in [0.15, 0.2) is 0 Å². The molecule has 2 heterocycles. The first-order valence-corrected chi connectivity index (χ1v) is 10.7. The fourth-order valence-electron chi connectivity index (χ4n) is 3.62. The molecule has 0 aliphatic carbocycles. The van der Waals surface area contributed by atoms with E-state index in [4.69, 9.17) is 0 Å². The summed E-state index contributed by atoms with van der Waals surface area (Å²) in [6, 6.07) is 16.2. The standard InChI is InChI=1S/C23H26N6O3/c30-22(18-13-16-24-19-10-4-3-9-17(18)19)25-14-7-1-2-8-15-26-23-27-29(32)21-12-6-5-11-20(21)28(23)31/h3-6,9-13,16,31-32H,1-2,7-8,14-15H2,(H,25,30)(H,26,27). The first kappa shape index (κ1) is 21.5. The number of carbonyl (C=O) groups excluding carboxylic acids is 1. The number of nitrogens with one attached hydrogen (secondary N) is 2. The van der Waals surface area contributed by atoms with Crippen LogP contribution in [0.2, 0.25) is 0 Å². The highest BCUT2D eigenvalue weighted by Crippen LogP contribution is 2.30. The summed E-state index contributed by atoms with van der Waals surface area (Å²) in [5, 5.41) is 32.7. The third kappa shape index (κ3) is 4.79. The lowest BCUT2D eigenvalue weighted by molar-refractivity contribution is 0.0954. The number of anilines is 2. The van der Waals surface area contributed by atoms with Crippen LogP contribution in [0, 0.1) is 0 Å². The van der Waals surface area contributed by atoms with Gasteiger partial charge in [-0.3, -0.25) is 20.2 Å². The monoisotopic (exact) mass is 434 g/mol. The fraction of sp³-hybridized carbons (Fsp3) is 0.261. The van der Waals surface area contributed by atoms with Crippen LogP contribution in [0.3, 0.4) is 0 Å². The second-order valence-electron chi connectivity index (χ2n) is 7.49. The summed E-state index contributed by atoms with van der Waals surface area (Å²) in [4.78, 5) is 16.8. The van der Waals surface area contributed by atoms with E-state index < -0.39 is 0 Å². The molecule has 0 saturated carbocycles. The van der Waals surface area contributed by atoms with E-state index in [1.165, 1.54) is 0 Å². The zero-order chi connectivity index (χ0) is 22.3. The number of carbonyl (C=O) groups is 1. The van der Waals surface area contributed by atoms with Gasteiger partial charge >= 0.3 is 0 Å². The average molecular weight is 435 g/mol. The van der Waals surface area contributed by atoms with Gasteiger partial charge in [0, 0.05) is 24.7 Å². The van der Waals surface area contributed by atoms with E-state index in [0.29, 0.717) is 30.0 Å². The highest BCUT2D eigenvalue weighted by atomic mass is 16.5. The van der Waals surface area contributed by atoms with Gasteiger partial charge in [0.2, 0.25) is 5.96 Å². The number of guanidine groups is 1. The lowest BCUT2D eigenvalue weighted by atomic mass is 10.1. The number of unbranched alkanes of at least 4 members (excludes halogenated alkanes) is 3. The molecule has 0 unspecified atom stereocenters. The number of benzene rings is 2. The van der Waals surface area contributed by atoms with Crippen molar-refractivity contribution in [2.24, 2.45) is 5.10 Å². The van der Waals surface area contributed by atoms with Crippen molar-refractivity contribution in [3.8, 4) is 0 Å². The van der Waals surface area contributed by atoms with Crippen molar-refractivity contribution < 1.29 is 15.2 Å². The van der Waals surface area contributed by atoms with E-state index in [-0.39, 0.29) is 11.9 Å². The van der Waals surface area contributed by atoms with Crippen LogP contribution in [-0.2, 0) is 0 Å². The Hall–Kier alpha value is -3.69. The van der Waals surface area contributed by atoms with Crippen molar-refractivity contribution in [3.63, 3.8) is 0 Å². The molecular weight excluding hydrogens is 408 g/mol.